The van der Waals surface area contributed by atoms with E-state index in [2.05, 4.69) is 10.6 Å². The number of rotatable bonds is 3. The quantitative estimate of drug-likeness (QED) is 0.671. The molecule has 0 aromatic rings. The van der Waals surface area contributed by atoms with Crippen molar-refractivity contribution < 1.29 is 14.4 Å². The second-order valence-electron chi connectivity index (χ2n) is 4.05. The lowest BCUT2D eigenvalue weighted by Gasteiger charge is -2.26. The molecule has 7 heteroatoms. The molecule has 2 saturated heterocycles. The molecule has 0 radical (unpaired) electrons. The third-order valence-corrected chi connectivity index (χ3v) is 3.81. The lowest BCUT2D eigenvalue weighted by Crippen LogP contribution is -2.39. The van der Waals surface area contributed by atoms with Crippen LogP contribution in [-0.4, -0.2) is 53.4 Å². The average molecular weight is 257 g/mol. The molecule has 0 aliphatic carbocycles. The third-order valence-electron chi connectivity index (χ3n) is 2.87. The minimum absolute atomic E-state index is 0.0687. The monoisotopic (exact) mass is 257 g/mol. The minimum atomic E-state index is -0.550. The molecule has 0 aromatic heterocycles. The first-order valence-electron chi connectivity index (χ1n) is 5.63. The molecule has 0 spiro atoms. The smallest absolute Gasteiger partial charge is 0.322 e. The van der Waals surface area contributed by atoms with Crippen LogP contribution in [0.4, 0.5) is 4.79 Å². The van der Waals surface area contributed by atoms with Crippen LogP contribution in [0.3, 0.4) is 0 Å². The van der Waals surface area contributed by atoms with Gasteiger partial charge in [-0.05, 0) is 6.42 Å². The number of hydrogen-bond acceptors (Lipinski definition) is 4. The van der Waals surface area contributed by atoms with Crippen molar-refractivity contribution in [3.63, 3.8) is 0 Å². The summed E-state index contributed by atoms with van der Waals surface area (Å²) in [7, 11) is 0. The number of carbonyl (C=O) groups is 3. The second kappa shape index (κ2) is 5.39. The first kappa shape index (κ1) is 12.2. The number of thioether (sulfide) groups is 1. The maximum atomic E-state index is 11.8. The van der Waals surface area contributed by atoms with Gasteiger partial charge < -0.3 is 10.2 Å². The zero-order valence-corrected chi connectivity index (χ0v) is 10.2. The second-order valence-corrected chi connectivity index (χ2v) is 5.27. The van der Waals surface area contributed by atoms with E-state index in [1.807, 2.05) is 16.7 Å². The lowest BCUT2D eigenvalue weighted by molar-refractivity contribution is -0.131. The van der Waals surface area contributed by atoms with Gasteiger partial charge in [0.05, 0.1) is 0 Å². The fourth-order valence-electron chi connectivity index (χ4n) is 1.90. The van der Waals surface area contributed by atoms with E-state index in [0.29, 0.717) is 12.8 Å². The summed E-state index contributed by atoms with van der Waals surface area (Å²) in [6.07, 6.45) is 0.684. The molecular formula is C10H15N3O3S. The van der Waals surface area contributed by atoms with Crippen LogP contribution in [0.15, 0.2) is 0 Å². The van der Waals surface area contributed by atoms with Crippen molar-refractivity contribution in [2.24, 2.45) is 0 Å². The van der Waals surface area contributed by atoms with Crippen LogP contribution in [0.25, 0.3) is 0 Å². The highest BCUT2D eigenvalue weighted by Crippen LogP contribution is 2.12. The molecule has 4 amide bonds. The first-order valence-corrected chi connectivity index (χ1v) is 6.79. The molecule has 0 saturated carbocycles. The number of imide groups is 1. The summed E-state index contributed by atoms with van der Waals surface area (Å²) < 4.78 is 0. The van der Waals surface area contributed by atoms with Crippen LogP contribution in [0.1, 0.15) is 12.8 Å². The average Bonchev–Trinajstić information content (AvgIpc) is 2.66. The SMILES string of the molecule is O=C1NC(=O)[C@H](CCC(=O)N2CCSCC2)N1. The fraction of sp³-hybridized carbons (Fsp3) is 0.700. The number of nitrogens with one attached hydrogen (secondary N) is 2. The van der Waals surface area contributed by atoms with E-state index in [-0.39, 0.29) is 11.8 Å². The normalized spacial score (nSPS) is 24.5. The van der Waals surface area contributed by atoms with E-state index in [0.717, 1.165) is 24.6 Å². The van der Waals surface area contributed by atoms with Crippen LogP contribution in [-0.2, 0) is 9.59 Å². The Kier molecular flexibility index (Phi) is 3.88. The zero-order valence-electron chi connectivity index (χ0n) is 9.40. The number of hydrogen-bond donors (Lipinski definition) is 2. The lowest BCUT2D eigenvalue weighted by atomic mass is 10.1. The molecule has 6 nitrogen and oxygen atoms in total. The number of amides is 4. The topological polar surface area (TPSA) is 78.5 Å². The summed E-state index contributed by atoms with van der Waals surface area (Å²) in [5.74, 6) is 1.69. The van der Waals surface area contributed by atoms with Gasteiger partial charge in [-0.2, -0.15) is 11.8 Å². The van der Waals surface area contributed by atoms with Crippen molar-refractivity contribution in [3.8, 4) is 0 Å². The Labute approximate surface area is 103 Å². The highest BCUT2D eigenvalue weighted by molar-refractivity contribution is 7.99. The van der Waals surface area contributed by atoms with Gasteiger partial charge in [-0.15, -0.1) is 0 Å². The van der Waals surface area contributed by atoms with E-state index >= 15 is 0 Å². The molecule has 2 fully saturated rings. The van der Waals surface area contributed by atoms with Crippen LogP contribution < -0.4 is 10.6 Å². The Bertz CT molecular complexity index is 342. The van der Waals surface area contributed by atoms with E-state index in [1.54, 1.807) is 0 Å². The maximum absolute atomic E-state index is 11.8. The largest absolute Gasteiger partial charge is 0.341 e. The van der Waals surface area contributed by atoms with Gasteiger partial charge in [0.15, 0.2) is 0 Å². The van der Waals surface area contributed by atoms with Gasteiger partial charge in [0.1, 0.15) is 6.04 Å². The van der Waals surface area contributed by atoms with Gasteiger partial charge in [0, 0.05) is 31.0 Å². The predicted octanol–water partition coefficient (Wildman–Crippen LogP) is -0.450. The van der Waals surface area contributed by atoms with Crippen molar-refractivity contribution in [1.82, 2.24) is 15.5 Å². The van der Waals surface area contributed by atoms with Gasteiger partial charge in [-0.25, -0.2) is 4.79 Å². The molecule has 2 rings (SSSR count). The Balaban J connectivity index is 1.75. The molecule has 0 unspecified atom stereocenters. The molecule has 2 aliphatic heterocycles. The fourth-order valence-corrected chi connectivity index (χ4v) is 2.80. The minimum Gasteiger partial charge on any atom is -0.341 e. The first-order chi connectivity index (χ1) is 8.16. The van der Waals surface area contributed by atoms with Crippen LogP contribution in [0.2, 0.25) is 0 Å². The highest BCUT2D eigenvalue weighted by atomic mass is 32.2. The molecule has 0 aromatic carbocycles. The Hall–Kier alpha value is -1.24. The molecule has 1 atom stereocenters. The van der Waals surface area contributed by atoms with Gasteiger partial charge in [-0.3, -0.25) is 14.9 Å². The molecule has 2 heterocycles. The van der Waals surface area contributed by atoms with Crippen molar-refractivity contribution in [2.45, 2.75) is 18.9 Å². The molecule has 17 heavy (non-hydrogen) atoms. The van der Waals surface area contributed by atoms with E-state index < -0.39 is 12.1 Å². The van der Waals surface area contributed by atoms with Gasteiger partial charge >= 0.3 is 6.03 Å². The zero-order chi connectivity index (χ0) is 12.3. The third kappa shape index (κ3) is 3.12. The summed E-state index contributed by atoms with van der Waals surface area (Å²) in [6.45, 7) is 1.57. The van der Waals surface area contributed by atoms with Crippen LogP contribution in [0.5, 0.6) is 0 Å². The number of carbonyl (C=O) groups excluding carboxylic acids is 3. The van der Waals surface area contributed by atoms with Crippen LogP contribution >= 0.6 is 11.8 Å². The standard InChI is InChI=1S/C10H15N3O3S/c14-8(13-3-5-17-6-4-13)2-1-7-9(15)12-10(16)11-7/h7H,1-6H2,(H2,11,12,15,16)/t7-/m0/s1. The molecule has 2 N–H and O–H groups in total. The van der Waals surface area contributed by atoms with Gasteiger partial charge in [-0.1, -0.05) is 0 Å². The Morgan fingerprint density at radius 1 is 1.35 bits per heavy atom. The van der Waals surface area contributed by atoms with E-state index in [1.165, 1.54) is 0 Å². The van der Waals surface area contributed by atoms with Gasteiger partial charge in [0.25, 0.3) is 5.91 Å². The number of nitrogens with zero attached hydrogens (tertiary/aromatic N) is 1. The Morgan fingerprint density at radius 2 is 2.06 bits per heavy atom. The molecule has 2 aliphatic rings. The highest BCUT2D eigenvalue weighted by Gasteiger charge is 2.30. The van der Waals surface area contributed by atoms with E-state index in [9.17, 15) is 14.4 Å². The molecule has 0 bridgehead atoms. The van der Waals surface area contributed by atoms with Crippen molar-refractivity contribution in [2.75, 3.05) is 24.6 Å². The van der Waals surface area contributed by atoms with Gasteiger partial charge in [0.2, 0.25) is 5.91 Å². The summed E-state index contributed by atoms with van der Waals surface area (Å²) in [5, 5.41) is 4.64. The molecule has 94 valence electrons. The summed E-state index contributed by atoms with van der Waals surface area (Å²) in [5.41, 5.74) is 0. The summed E-state index contributed by atoms with van der Waals surface area (Å²) in [6, 6.07) is -1.02. The molecular weight excluding hydrogens is 242 g/mol. The number of urea groups is 1. The van der Waals surface area contributed by atoms with Crippen molar-refractivity contribution in [3.05, 3.63) is 0 Å². The predicted molar refractivity (Wildman–Crippen MR) is 63.6 cm³/mol. The van der Waals surface area contributed by atoms with Crippen molar-refractivity contribution >= 4 is 29.6 Å². The van der Waals surface area contributed by atoms with E-state index in [4.69, 9.17) is 0 Å². The van der Waals surface area contributed by atoms with Crippen LogP contribution in [0, 0.1) is 0 Å². The maximum Gasteiger partial charge on any atom is 0.322 e. The van der Waals surface area contributed by atoms with Crippen molar-refractivity contribution in [1.29, 1.82) is 0 Å². The summed E-state index contributed by atoms with van der Waals surface area (Å²) in [4.78, 5) is 35.8. The Morgan fingerprint density at radius 3 is 2.65 bits per heavy atom. The summed E-state index contributed by atoms with van der Waals surface area (Å²) >= 11 is 1.85.